The molecule has 0 fully saturated rings. The molecular formula is C24H21N3O4S. The monoisotopic (exact) mass is 447 g/mol. The van der Waals surface area contributed by atoms with E-state index in [0.717, 1.165) is 11.1 Å². The number of aromatic nitrogens is 2. The Morgan fingerprint density at radius 3 is 2.06 bits per heavy atom. The molecule has 1 aromatic heterocycles. The molecule has 1 heterocycles. The first-order valence-corrected chi connectivity index (χ1v) is 11.5. The van der Waals surface area contributed by atoms with Gasteiger partial charge in [0, 0.05) is 12.0 Å². The predicted molar refractivity (Wildman–Crippen MR) is 123 cm³/mol. The Morgan fingerprint density at radius 1 is 0.781 bits per heavy atom. The van der Waals surface area contributed by atoms with Gasteiger partial charge in [-0.05, 0) is 47.5 Å². The van der Waals surface area contributed by atoms with Gasteiger partial charge >= 0.3 is 0 Å². The second-order valence-electron chi connectivity index (χ2n) is 7.29. The highest BCUT2D eigenvalue weighted by Gasteiger charge is 2.17. The molecule has 0 aliphatic carbocycles. The number of benzene rings is 3. The van der Waals surface area contributed by atoms with Gasteiger partial charge in [0.2, 0.25) is 10.0 Å². The average Bonchev–Trinajstić information content (AvgIpc) is 2.77. The summed E-state index contributed by atoms with van der Waals surface area (Å²) in [7, 11) is -3.77. The van der Waals surface area contributed by atoms with Crippen LogP contribution < -0.4 is 4.72 Å². The Hall–Kier alpha value is -3.91. The fraction of sp³-hybridized carbons (Fsp3) is 0.0833. The minimum atomic E-state index is -3.77. The summed E-state index contributed by atoms with van der Waals surface area (Å²) in [6.45, 7) is 0. The van der Waals surface area contributed by atoms with E-state index in [1.54, 1.807) is 36.4 Å². The maximum atomic E-state index is 12.8. The van der Waals surface area contributed by atoms with Crippen LogP contribution in [0.15, 0.2) is 85.1 Å². The average molecular weight is 448 g/mol. The highest BCUT2D eigenvalue weighted by Crippen LogP contribution is 2.24. The van der Waals surface area contributed by atoms with Gasteiger partial charge in [-0.15, -0.1) is 0 Å². The molecule has 0 bridgehead atoms. The van der Waals surface area contributed by atoms with Crippen molar-refractivity contribution in [2.75, 3.05) is 4.72 Å². The van der Waals surface area contributed by atoms with Gasteiger partial charge < -0.3 is 10.2 Å². The molecule has 32 heavy (non-hydrogen) atoms. The Morgan fingerprint density at radius 2 is 1.41 bits per heavy atom. The Labute approximate surface area is 186 Å². The summed E-state index contributed by atoms with van der Waals surface area (Å²) in [5.74, 6) is 0.111. The number of nitrogens with one attached hydrogen (secondary N) is 1. The van der Waals surface area contributed by atoms with Crippen LogP contribution in [0, 0.1) is 0 Å². The predicted octanol–water partition coefficient (Wildman–Crippen LogP) is 4.09. The van der Waals surface area contributed by atoms with E-state index in [1.165, 1.54) is 18.3 Å². The lowest BCUT2D eigenvalue weighted by Crippen LogP contribution is -2.18. The van der Waals surface area contributed by atoms with Gasteiger partial charge in [-0.25, -0.2) is 18.4 Å². The van der Waals surface area contributed by atoms with E-state index in [-0.39, 0.29) is 23.1 Å². The summed E-state index contributed by atoms with van der Waals surface area (Å²) in [5.41, 5.74) is 3.30. The van der Waals surface area contributed by atoms with Crippen LogP contribution in [0.2, 0.25) is 0 Å². The van der Waals surface area contributed by atoms with Crippen LogP contribution in [-0.2, 0) is 22.2 Å². The third-order valence-corrected chi connectivity index (χ3v) is 5.99. The van der Waals surface area contributed by atoms with Gasteiger partial charge in [0.15, 0.2) is 5.82 Å². The number of phenols is 2. The molecule has 0 aliphatic heterocycles. The van der Waals surface area contributed by atoms with Gasteiger partial charge in [0.25, 0.3) is 0 Å². The number of rotatable bonds is 7. The molecule has 0 radical (unpaired) electrons. The van der Waals surface area contributed by atoms with Crippen molar-refractivity contribution in [2.24, 2.45) is 0 Å². The van der Waals surface area contributed by atoms with E-state index in [9.17, 15) is 18.6 Å². The van der Waals surface area contributed by atoms with Crippen molar-refractivity contribution in [1.82, 2.24) is 9.97 Å². The van der Waals surface area contributed by atoms with Crippen LogP contribution >= 0.6 is 0 Å². The first-order valence-electron chi connectivity index (χ1n) is 9.86. The second kappa shape index (κ2) is 9.07. The second-order valence-corrected chi connectivity index (χ2v) is 9.01. The van der Waals surface area contributed by atoms with Gasteiger partial charge in [-0.2, -0.15) is 0 Å². The number of phenolic OH excluding ortho intramolecular Hbond substituents is 2. The fourth-order valence-electron chi connectivity index (χ4n) is 3.19. The highest BCUT2D eigenvalue weighted by molar-refractivity contribution is 7.91. The SMILES string of the molecule is O=S(=O)(Cc1ccc(O)cc1)Nc1ncc(-c2ccc(O)cc2)nc1Cc1ccccc1. The van der Waals surface area contributed by atoms with Crippen LogP contribution in [0.25, 0.3) is 11.3 Å². The topological polar surface area (TPSA) is 112 Å². The highest BCUT2D eigenvalue weighted by atomic mass is 32.2. The number of nitrogens with zero attached hydrogens (tertiary/aromatic N) is 2. The molecule has 0 atom stereocenters. The largest absolute Gasteiger partial charge is 0.508 e. The molecule has 4 rings (SSSR count). The third kappa shape index (κ3) is 5.41. The van der Waals surface area contributed by atoms with E-state index < -0.39 is 10.0 Å². The zero-order valence-electron chi connectivity index (χ0n) is 17.0. The van der Waals surface area contributed by atoms with Crippen LogP contribution in [0.3, 0.4) is 0 Å². The number of hydrogen-bond acceptors (Lipinski definition) is 6. The van der Waals surface area contributed by atoms with Gasteiger partial charge in [-0.1, -0.05) is 42.5 Å². The van der Waals surface area contributed by atoms with Crippen molar-refractivity contribution >= 4 is 15.8 Å². The lowest BCUT2D eigenvalue weighted by atomic mass is 10.1. The van der Waals surface area contributed by atoms with E-state index in [0.29, 0.717) is 23.4 Å². The van der Waals surface area contributed by atoms with Crippen molar-refractivity contribution in [1.29, 1.82) is 0 Å². The van der Waals surface area contributed by atoms with E-state index in [4.69, 9.17) is 0 Å². The Kier molecular flexibility index (Phi) is 6.04. The first-order chi connectivity index (χ1) is 15.4. The fourth-order valence-corrected chi connectivity index (χ4v) is 4.36. The summed E-state index contributed by atoms with van der Waals surface area (Å²) in [5, 5.41) is 18.9. The zero-order chi connectivity index (χ0) is 22.6. The summed E-state index contributed by atoms with van der Waals surface area (Å²) in [4.78, 5) is 9.03. The minimum absolute atomic E-state index is 0.0694. The summed E-state index contributed by atoms with van der Waals surface area (Å²) in [6, 6.07) is 22.1. The lowest BCUT2D eigenvalue weighted by molar-refractivity contribution is 0.474. The third-order valence-electron chi connectivity index (χ3n) is 4.77. The van der Waals surface area contributed by atoms with E-state index in [2.05, 4.69) is 14.7 Å². The Bertz CT molecular complexity index is 1310. The number of aromatic hydroxyl groups is 2. The maximum absolute atomic E-state index is 12.8. The van der Waals surface area contributed by atoms with Crippen molar-refractivity contribution in [3.63, 3.8) is 0 Å². The van der Waals surface area contributed by atoms with Crippen LogP contribution in [0.1, 0.15) is 16.8 Å². The molecule has 3 aromatic carbocycles. The molecule has 7 nitrogen and oxygen atoms in total. The van der Waals surface area contributed by atoms with E-state index in [1.807, 2.05) is 30.3 Å². The van der Waals surface area contributed by atoms with Crippen molar-refractivity contribution in [3.05, 3.63) is 102 Å². The molecular weight excluding hydrogens is 426 g/mol. The van der Waals surface area contributed by atoms with Crippen molar-refractivity contribution < 1.29 is 18.6 Å². The smallest absolute Gasteiger partial charge is 0.238 e. The molecule has 4 aromatic rings. The Balaban J connectivity index is 1.66. The van der Waals surface area contributed by atoms with Crippen molar-refractivity contribution in [3.8, 4) is 22.8 Å². The zero-order valence-corrected chi connectivity index (χ0v) is 17.8. The van der Waals surface area contributed by atoms with Gasteiger partial charge in [0.1, 0.15) is 11.5 Å². The molecule has 0 saturated carbocycles. The van der Waals surface area contributed by atoms with Gasteiger partial charge in [0.05, 0.1) is 23.3 Å². The molecule has 0 spiro atoms. The molecule has 162 valence electrons. The number of anilines is 1. The van der Waals surface area contributed by atoms with Crippen LogP contribution in [0.5, 0.6) is 11.5 Å². The minimum Gasteiger partial charge on any atom is -0.508 e. The quantitative estimate of drug-likeness (QED) is 0.393. The molecule has 8 heteroatoms. The summed E-state index contributed by atoms with van der Waals surface area (Å²) in [6.07, 6.45) is 1.89. The standard InChI is InChI=1S/C24H21N3O4S/c28-20-10-6-18(7-11-20)16-32(30,31)27-24-22(14-17-4-2-1-3-5-17)26-23(15-25-24)19-8-12-21(29)13-9-19/h1-13,15,28-29H,14,16H2,(H,25,27). The molecule has 3 N–H and O–H groups in total. The number of sulfonamides is 1. The molecule has 0 unspecified atom stereocenters. The molecule has 0 amide bonds. The van der Waals surface area contributed by atoms with Crippen LogP contribution in [0.4, 0.5) is 5.82 Å². The van der Waals surface area contributed by atoms with Crippen LogP contribution in [-0.4, -0.2) is 28.6 Å². The molecule has 0 saturated heterocycles. The first kappa shape index (κ1) is 21.3. The van der Waals surface area contributed by atoms with Crippen molar-refractivity contribution in [2.45, 2.75) is 12.2 Å². The normalized spacial score (nSPS) is 11.2. The summed E-state index contributed by atoms with van der Waals surface area (Å²) < 4.78 is 28.1. The number of hydrogen-bond donors (Lipinski definition) is 3. The maximum Gasteiger partial charge on any atom is 0.238 e. The lowest BCUT2D eigenvalue weighted by Gasteiger charge is -2.13. The summed E-state index contributed by atoms with van der Waals surface area (Å²) >= 11 is 0. The molecule has 0 aliphatic rings. The van der Waals surface area contributed by atoms with Gasteiger partial charge in [-0.3, -0.25) is 4.72 Å². The van der Waals surface area contributed by atoms with E-state index >= 15 is 0 Å².